The number of aryl methyl sites for hydroxylation is 1. The standard InChI is InChI=1S/C14H14OS/c1-10(15)9-12-4-6-13(7-5-12)14-8-3-11(2)16-14/h3-8H,9H2,1-2H3. The van der Waals surface area contributed by atoms with E-state index in [-0.39, 0.29) is 5.78 Å². The van der Waals surface area contributed by atoms with Gasteiger partial charge in [-0.15, -0.1) is 11.3 Å². The van der Waals surface area contributed by atoms with Crippen LogP contribution in [0.25, 0.3) is 10.4 Å². The van der Waals surface area contributed by atoms with E-state index in [9.17, 15) is 4.79 Å². The molecular formula is C14H14OS. The van der Waals surface area contributed by atoms with Crippen LogP contribution in [0.1, 0.15) is 17.4 Å². The highest BCUT2D eigenvalue weighted by molar-refractivity contribution is 7.15. The highest BCUT2D eigenvalue weighted by atomic mass is 32.1. The Balaban J connectivity index is 2.22. The number of rotatable bonds is 3. The molecule has 1 heterocycles. The van der Waals surface area contributed by atoms with Crippen LogP contribution in [0.3, 0.4) is 0 Å². The summed E-state index contributed by atoms with van der Waals surface area (Å²) in [5.41, 5.74) is 2.31. The molecule has 0 radical (unpaired) electrons. The summed E-state index contributed by atoms with van der Waals surface area (Å²) in [6, 6.07) is 12.5. The zero-order valence-corrected chi connectivity index (χ0v) is 10.3. The number of carbonyl (C=O) groups is 1. The predicted octanol–water partition coefficient (Wildman–Crippen LogP) is 3.86. The number of benzene rings is 1. The second-order valence-corrected chi connectivity index (χ2v) is 5.27. The molecule has 2 aromatic rings. The summed E-state index contributed by atoms with van der Waals surface area (Å²) in [6.45, 7) is 3.73. The maximum absolute atomic E-state index is 11.0. The topological polar surface area (TPSA) is 17.1 Å². The molecule has 1 nitrogen and oxygen atoms in total. The smallest absolute Gasteiger partial charge is 0.134 e. The second kappa shape index (κ2) is 4.62. The van der Waals surface area contributed by atoms with E-state index in [0.29, 0.717) is 6.42 Å². The van der Waals surface area contributed by atoms with Crippen LogP contribution in [0.15, 0.2) is 36.4 Å². The number of hydrogen-bond acceptors (Lipinski definition) is 2. The molecule has 0 saturated carbocycles. The Labute approximate surface area is 99.8 Å². The van der Waals surface area contributed by atoms with Crippen LogP contribution in [-0.4, -0.2) is 5.78 Å². The summed E-state index contributed by atoms with van der Waals surface area (Å²) < 4.78 is 0. The first-order chi connectivity index (χ1) is 7.65. The zero-order valence-electron chi connectivity index (χ0n) is 9.49. The average Bonchev–Trinajstić information content (AvgIpc) is 2.65. The molecule has 82 valence electrons. The summed E-state index contributed by atoms with van der Waals surface area (Å²) in [6.07, 6.45) is 0.531. The molecule has 0 spiro atoms. The van der Waals surface area contributed by atoms with Crippen molar-refractivity contribution in [2.24, 2.45) is 0 Å². The quantitative estimate of drug-likeness (QED) is 0.782. The van der Waals surface area contributed by atoms with Gasteiger partial charge in [-0.1, -0.05) is 24.3 Å². The van der Waals surface area contributed by atoms with Crippen molar-refractivity contribution in [1.29, 1.82) is 0 Å². The summed E-state index contributed by atoms with van der Waals surface area (Å²) in [4.78, 5) is 13.6. The summed E-state index contributed by atoms with van der Waals surface area (Å²) >= 11 is 1.79. The van der Waals surface area contributed by atoms with Crippen molar-refractivity contribution in [3.63, 3.8) is 0 Å². The third-order valence-electron chi connectivity index (χ3n) is 2.43. The van der Waals surface area contributed by atoms with Gasteiger partial charge in [0.2, 0.25) is 0 Å². The Hall–Kier alpha value is -1.41. The summed E-state index contributed by atoms with van der Waals surface area (Å²) in [7, 11) is 0. The number of thiophene rings is 1. The molecular weight excluding hydrogens is 216 g/mol. The lowest BCUT2D eigenvalue weighted by Crippen LogP contribution is -1.95. The van der Waals surface area contributed by atoms with Crippen molar-refractivity contribution in [1.82, 2.24) is 0 Å². The summed E-state index contributed by atoms with van der Waals surface area (Å²) in [5, 5.41) is 0. The minimum Gasteiger partial charge on any atom is -0.300 e. The molecule has 0 unspecified atom stereocenters. The second-order valence-electron chi connectivity index (χ2n) is 3.99. The Morgan fingerprint density at radius 3 is 2.31 bits per heavy atom. The average molecular weight is 230 g/mol. The fourth-order valence-corrected chi connectivity index (χ4v) is 2.54. The highest BCUT2D eigenvalue weighted by Crippen LogP contribution is 2.27. The predicted molar refractivity (Wildman–Crippen MR) is 68.9 cm³/mol. The van der Waals surface area contributed by atoms with E-state index in [2.05, 4.69) is 31.2 Å². The number of Topliss-reactive ketones (excluding diaryl/α,β-unsaturated/α-hetero) is 1. The summed E-state index contributed by atoms with van der Waals surface area (Å²) in [5.74, 6) is 0.208. The Bertz CT molecular complexity index is 494. The van der Waals surface area contributed by atoms with Gasteiger partial charge in [-0.3, -0.25) is 4.79 Å². The van der Waals surface area contributed by atoms with E-state index in [1.54, 1.807) is 18.3 Å². The van der Waals surface area contributed by atoms with E-state index in [4.69, 9.17) is 0 Å². The first-order valence-electron chi connectivity index (χ1n) is 5.30. The molecule has 0 saturated heterocycles. The third kappa shape index (κ3) is 2.58. The fourth-order valence-electron chi connectivity index (χ4n) is 1.66. The van der Waals surface area contributed by atoms with E-state index in [0.717, 1.165) is 5.56 Å². The monoisotopic (exact) mass is 230 g/mol. The van der Waals surface area contributed by atoms with Crippen LogP contribution in [0, 0.1) is 6.92 Å². The molecule has 0 aliphatic heterocycles. The first kappa shape index (κ1) is 11.1. The van der Waals surface area contributed by atoms with Crippen LogP contribution in [0.4, 0.5) is 0 Å². The van der Waals surface area contributed by atoms with Crippen LogP contribution in [-0.2, 0) is 11.2 Å². The van der Waals surface area contributed by atoms with Crippen molar-refractivity contribution in [2.45, 2.75) is 20.3 Å². The van der Waals surface area contributed by atoms with Gasteiger partial charge >= 0.3 is 0 Å². The van der Waals surface area contributed by atoms with E-state index < -0.39 is 0 Å². The number of ketones is 1. The minimum atomic E-state index is 0.208. The minimum absolute atomic E-state index is 0.208. The molecule has 0 fully saturated rings. The maximum Gasteiger partial charge on any atom is 0.134 e. The highest BCUT2D eigenvalue weighted by Gasteiger charge is 2.01. The van der Waals surface area contributed by atoms with Crippen LogP contribution < -0.4 is 0 Å². The van der Waals surface area contributed by atoms with Crippen molar-refractivity contribution in [3.05, 3.63) is 46.8 Å². The molecule has 1 aromatic carbocycles. The van der Waals surface area contributed by atoms with Gasteiger partial charge in [-0.05, 0) is 37.1 Å². The van der Waals surface area contributed by atoms with E-state index in [1.165, 1.54) is 15.3 Å². The molecule has 0 amide bonds. The van der Waals surface area contributed by atoms with Gasteiger partial charge in [0.15, 0.2) is 0 Å². The van der Waals surface area contributed by atoms with Crippen molar-refractivity contribution >= 4 is 17.1 Å². The number of carbonyl (C=O) groups excluding carboxylic acids is 1. The molecule has 16 heavy (non-hydrogen) atoms. The van der Waals surface area contributed by atoms with Gasteiger partial charge in [-0.25, -0.2) is 0 Å². The Morgan fingerprint density at radius 1 is 1.12 bits per heavy atom. The van der Waals surface area contributed by atoms with Crippen molar-refractivity contribution < 1.29 is 4.79 Å². The maximum atomic E-state index is 11.0. The molecule has 0 bridgehead atoms. The molecule has 0 atom stereocenters. The third-order valence-corrected chi connectivity index (χ3v) is 3.48. The van der Waals surface area contributed by atoms with Crippen molar-refractivity contribution in [2.75, 3.05) is 0 Å². The van der Waals surface area contributed by atoms with Crippen LogP contribution >= 0.6 is 11.3 Å². The lowest BCUT2D eigenvalue weighted by molar-refractivity contribution is -0.116. The zero-order chi connectivity index (χ0) is 11.5. The molecule has 2 rings (SSSR count). The van der Waals surface area contributed by atoms with Gasteiger partial charge in [-0.2, -0.15) is 0 Å². The molecule has 0 aliphatic carbocycles. The van der Waals surface area contributed by atoms with E-state index in [1.807, 2.05) is 12.1 Å². The Morgan fingerprint density at radius 2 is 1.81 bits per heavy atom. The van der Waals surface area contributed by atoms with Crippen LogP contribution in [0.5, 0.6) is 0 Å². The van der Waals surface area contributed by atoms with Gasteiger partial charge in [0, 0.05) is 16.2 Å². The van der Waals surface area contributed by atoms with Gasteiger partial charge < -0.3 is 0 Å². The molecule has 1 aromatic heterocycles. The molecule has 0 N–H and O–H groups in total. The van der Waals surface area contributed by atoms with Gasteiger partial charge in [0.25, 0.3) is 0 Å². The van der Waals surface area contributed by atoms with Crippen molar-refractivity contribution in [3.8, 4) is 10.4 Å². The van der Waals surface area contributed by atoms with Crippen LogP contribution in [0.2, 0.25) is 0 Å². The lowest BCUT2D eigenvalue weighted by atomic mass is 10.1. The Kier molecular flexibility index (Phi) is 3.20. The lowest BCUT2D eigenvalue weighted by Gasteiger charge is -2.00. The SMILES string of the molecule is CC(=O)Cc1ccc(-c2ccc(C)s2)cc1. The van der Waals surface area contributed by atoms with E-state index >= 15 is 0 Å². The first-order valence-corrected chi connectivity index (χ1v) is 6.12. The fraction of sp³-hybridized carbons (Fsp3) is 0.214. The van der Waals surface area contributed by atoms with Gasteiger partial charge in [0.05, 0.1) is 0 Å². The molecule has 2 heteroatoms. The largest absolute Gasteiger partial charge is 0.300 e. The number of hydrogen-bond donors (Lipinski definition) is 0. The molecule has 0 aliphatic rings. The van der Waals surface area contributed by atoms with Gasteiger partial charge in [0.1, 0.15) is 5.78 Å². The normalized spacial score (nSPS) is 10.4.